The number of hydrogen-bond donors (Lipinski definition) is 2. The van der Waals surface area contributed by atoms with E-state index in [1.165, 1.54) is 55.5 Å². The van der Waals surface area contributed by atoms with Crippen molar-refractivity contribution >= 4 is 34.7 Å². The van der Waals surface area contributed by atoms with Crippen LogP contribution in [0.25, 0.3) is 0 Å². The smallest absolute Gasteiger partial charge is 0.352 e. The minimum Gasteiger partial charge on any atom is -0.479 e. The fourth-order valence-corrected chi connectivity index (χ4v) is 3.27. The van der Waals surface area contributed by atoms with Crippen molar-refractivity contribution in [3.63, 3.8) is 0 Å². The molecule has 0 saturated heterocycles. The molecule has 14 nitrogen and oxygen atoms in total. The highest BCUT2D eigenvalue weighted by atomic mass is 16.6. The maximum absolute atomic E-state index is 11.9. The number of nitrogens with zero attached hydrogens (tertiary/aromatic N) is 2. The van der Waals surface area contributed by atoms with Gasteiger partial charge in [-0.25, -0.2) is 9.59 Å². The van der Waals surface area contributed by atoms with Gasteiger partial charge < -0.3 is 30.4 Å². The Morgan fingerprint density at radius 2 is 0.822 bits per heavy atom. The zero-order valence-electron chi connectivity index (χ0n) is 23.5. The summed E-state index contributed by atoms with van der Waals surface area (Å²) in [4.78, 5) is 43.8. The number of nitrogens with two attached hydrogens (primary N) is 2. The second-order valence-corrected chi connectivity index (χ2v) is 9.00. The normalized spacial score (nSPS) is 11.2. The maximum Gasteiger partial charge on any atom is 0.352 e. The molecule has 0 aliphatic carbocycles. The third-order valence-electron chi connectivity index (χ3n) is 5.58. The molecule has 4 aromatic carbocycles. The van der Waals surface area contributed by atoms with Crippen molar-refractivity contribution in [3.05, 3.63) is 117 Å². The van der Waals surface area contributed by atoms with E-state index < -0.39 is 34.0 Å². The average Bonchev–Trinajstić information content (AvgIpc) is 3.00. The minimum absolute atomic E-state index is 0. The molecule has 236 valence electrons. The molecule has 0 fully saturated rings. The van der Waals surface area contributed by atoms with Gasteiger partial charge in [-0.15, -0.1) is 0 Å². The van der Waals surface area contributed by atoms with Gasteiger partial charge in [0.2, 0.25) is 0 Å². The largest absolute Gasteiger partial charge is 0.479 e. The lowest BCUT2D eigenvalue weighted by atomic mass is 10.3. The molecule has 0 spiro atoms. The Morgan fingerprint density at radius 3 is 1.13 bits per heavy atom. The van der Waals surface area contributed by atoms with Gasteiger partial charge in [0.1, 0.15) is 23.0 Å². The van der Waals surface area contributed by atoms with Gasteiger partial charge in [0.25, 0.3) is 11.4 Å². The van der Waals surface area contributed by atoms with Gasteiger partial charge in [-0.2, -0.15) is 0 Å². The molecule has 4 N–H and O–H groups in total. The van der Waals surface area contributed by atoms with Crippen molar-refractivity contribution in [2.45, 2.75) is 33.5 Å². The number of esters is 2. The highest BCUT2D eigenvalue weighted by molar-refractivity contribution is 5.77. The van der Waals surface area contributed by atoms with Gasteiger partial charge in [0.15, 0.2) is 12.2 Å². The Bertz CT molecular complexity index is 1580. The number of ether oxygens (including phenoxy) is 4. The fraction of sp³-hybridized carbons (Fsp3) is 0.161. The van der Waals surface area contributed by atoms with Crippen LogP contribution in [0.3, 0.4) is 0 Å². The van der Waals surface area contributed by atoms with Crippen molar-refractivity contribution in [2.24, 2.45) is 0 Å². The molecular formula is C31H32N4O10. The Balaban J connectivity index is 0.000000311. The molecule has 0 saturated carbocycles. The summed E-state index contributed by atoms with van der Waals surface area (Å²) in [5, 5.41) is 21.1. The molecule has 2 unspecified atom stereocenters. The van der Waals surface area contributed by atoms with Crippen LogP contribution in [0.15, 0.2) is 97.1 Å². The van der Waals surface area contributed by atoms with Gasteiger partial charge in [-0.3, -0.25) is 20.2 Å². The fourth-order valence-electron chi connectivity index (χ4n) is 3.27. The number of carbonyl (C=O) groups is 2. The van der Waals surface area contributed by atoms with Crippen molar-refractivity contribution < 1.29 is 38.4 Å². The highest BCUT2D eigenvalue weighted by Crippen LogP contribution is 2.21. The predicted octanol–water partition coefficient (Wildman–Crippen LogP) is 5.74. The Hall–Kier alpha value is -6.18. The molecule has 4 aromatic rings. The van der Waals surface area contributed by atoms with Crippen LogP contribution in [-0.4, -0.2) is 34.0 Å². The van der Waals surface area contributed by atoms with E-state index in [2.05, 4.69) is 0 Å². The first-order valence-corrected chi connectivity index (χ1v) is 12.9. The van der Waals surface area contributed by atoms with E-state index in [-0.39, 0.29) is 30.3 Å². The van der Waals surface area contributed by atoms with Crippen LogP contribution in [0, 0.1) is 20.2 Å². The molecular weight excluding hydrogens is 588 g/mol. The van der Waals surface area contributed by atoms with E-state index in [9.17, 15) is 29.8 Å². The summed E-state index contributed by atoms with van der Waals surface area (Å²) in [6.45, 7) is 3.07. The summed E-state index contributed by atoms with van der Waals surface area (Å²) in [6.07, 6.45) is -1.70. The van der Waals surface area contributed by atoms with Gasteiger partial charge >= 0.3 is 11.9 Å². The summed E-state index contributed by atoms with van der Waals surface area (Å²) in [6, 6.07) is 23.6. The maximum atomic E-state index is 11.9. The van der Waals surface area contributed by atoms with Crippen LogP contribution in [0.4, 0.5) is 22.7 Å². The molecule has 4 rings (SSSR count). The number of benzene rings is 4. The van der Waals surface area contributed by atoms with Crippen LogP contribution >= 0.6 is 0 Å². The summed E-state index contributed by atoms with van der Waals surface area (Å²) in [5.41, 5.74) is 12.2. The van der Waals surface area contributed by atoms with Gasteiger partial charge in [-0.05, 0) is 86.6 Å². The lowest BCUT2D eigenvalue weighted by molar-refractivity contribution is -0.385. The topological polar surface area (TPSA) is 209 Å². The van der Waals surface area contributed by atoms with E-state index in [0.29, 0.717) is 22.9 Å². The van der Waals surface area contributed by atoms with Gasteiger partial charge in [0, 0.05) is 35.6 Å². The second kappa shape index (κ2) is 16.5. The van der Waals surface area contributed by atoms with Crippen LogP contribution in [0.5, 0.6) is 23.0 Å². The molecule has 0 radical (unpaired) electrons. The first-order valence-electron chi connectivity index (χ1n) is 12.9. The van der Waals surface area contributed by atoms with E-state index in [0.717, 1.165) is 0 Å². The first-order chi connectivity index (χ1) is 20.9. The molecule has 2 atom stereocenters. The molecule has 0 aromatic heterocycles. The third-order valence-corrected chi connectivity index (χ3v) is 5.58. The lowest BCUT2D eigenvalue weighted by Gasteiger charge is -2.14. The quantitative estimate of drug-likeness (QED) is 0.0715. The predicted molar refractivity (Wildman–Crippen MR) is 166 cm³/mol. The zero-order chi connectivity index (χ0) is 32.2. The molecule has 0 amide bonds. The Kier molecular flexibility index (Phi) is 12.8. The number of non-ortho nitro benzene ring substituents is 2. The first kappa shape index (κ1) is 35.0. The molecule has 0 aliphatic heterocycles. The zero-order valence-corrected chi connectivity index (χ0v) is 23.5. The average molecular weight is 621 g/mol. The standard InChI is InChI=1S/C15H12N2O7.C15H16N2O3.CH4/c1-10(23-13-6-2-11(3-7-13)16(19)20)15(18)24-14-8-4-12(5-9-14)17(21)22;1-10(19-13-6-2-11(16)3-7-13)15(18)20-14-8-4-12(17)5-9-14;/h2-10H,1H3;2-10H,16-17H2,1H3;1H4. The molecule has 14 heteroatoms. The lowest BCUT2D eigenvalue weighted by Crippen LogP contribution is -2.28. The van der Waals surface area contributed by atoms with Crippen molar-refractivity contribution in [2.75, 3.05) is 11.5 Å². The number of nitro groups is 2. The highest BCUT2D eigenvalue weighted by Gasteiger charge is 2.19. The van der Waals surface area contributed by atoms with E-state index in [1.54, 1.807) is 55.5 Å². The summed E-state index contributed by atoms with van der Waals surface area (Å²) >= 11 is 0. The number of anilines is 2. The van der Waals surface area contributed by atoms with Gasteiger partial charge in [-0.1, -0.05) is 7.43 Å². The monoisotopic (exact) mass is 620 g/mol. The summed E-state index contributed by atoms with van der Waals surface area (Å²) in [7, 11) is 0. The van der Waals surface area contributed by atoms with Gasteiger partial charge in [0.05, 0.1) is 9.85 Å². The molecule has 45 heavy (non-hydrogen) atoms. The van der Waals surface area contributed by atoms with E-state index >= 15 is 0 Å². The molecule has 0 bridgehead atoms. The second-order valence-electron chi connectivity index (χ2n) is 9.00. The molecule has 0 aliphatic rings. The van der Waals surface area contributed by atoms with Crippen LogP contribution in [0.2, 0.25) is 0 Å². The molecule has 0 heterocycles. The van der Waals surface area contributed by atoms with E-state index in [1.807, 2.05) is 0 Å². The number of hydrogen-bond acceptors (Lipinski definition) is 12. The summed E-state index contributed by atoms with van der Waals surface area (Å²) in [5.74, 6) is 0.213. The SMILES string of the molecule is C.CC(Oc1ccc(N)cc1)C(=O)Oc1ccc(N)cc1.CC(Oc1ccc([N+](=O)[O-])cc1)C(=O)Oc1ccc([N+](=O)[O-])cc1. The number of nitro benzene ring substituents is 2. The van der Waals surface area contributed by atoms with Crippen LogP contribution in [-0.2, 0) is 9.59 Å². The van der Waals surface area contributed by atoms with Crippen LogP contribution < -0.4 is 30.4 Å². The third kappa shape index (κ3) is 11.2. The Labute approximate surface area is 258 Å². The van der Waals surface area contributed by atoms with Crippen molar-refractivity contribution in [1.29, 1.82) is 0 Å². The van der Waals surface area contributed by atoms with E-state index in [4.69, 9.17) is 30.4 Å². The minimum atomic E-state index is -0.971. The number of rotatable bonds is 10. The summed E-state index contributed by atoms with van der Waals surface area (Å²) < 4.78 is 21.0. The van der Waals surface area contributed by atoms with Crippen LogP contribution in [0.1, 0.15) is 21.3 Å². The Morgan fingerprint density at radius 1 is 0.556 bits per heavy atom. The van der Waals surface area contributed by atoms with Crippen molar-refractivity contribution in [3.8, 4) is 23.0 Å². The number of nitrogen functional groups attached to an aromatic ring is 2. The number of carbonyl (C=O) groups excluding carboxylic acids is 2. The van der Waals surface area contributed by atoms with Crippen molar-refractivity contribution in [1.82, 2.24) is 0 Å².